The first kappa shape index (κ1) is 20.3. The second kappa shape index (κ2) is 9.16. The number of nitrogens with one attached hydrogen (secondary N) is 2. The van der Waals surface area contributed by atoms with Gasteiger partial charge in [0.25, 0.3) is 5.69 Å². The van der Waals surface area contributed by atoms with E-state index in [1.807, 2.05) is 49.4 Å². The predicted molar refractivity (Wildman–Crippen MR) is 112 cm³/mol. The van der Waals surface area contributed by atoms with E-state index in [9.17, 15) is 14.9 Å². The lowest BCUT2D eigenvalue weighted by molar-refractivity contribution is -0.384. The van der Waals surface area contributed by atoms with E-state index >= 15 is 0 Å². The van der Waals surface area contributed by atoms with Crippen molar-refractivity contribution < 1.29 is 9.72 Å². The number of nitro groups is 1. The number of urea groups is 1. The maximum Gasteiger partial charge on any atom is 0.319 e. The average Bonchev–Trinajstić information content (AvgIpc) is 2.71. The largest absolute Gasteiger partial charge is 0.329 e. The van der Waals surface area contributed by atoms with Crippen LogP contribution in [0.3, 0.4) is 0 Å². The van der Waals surface area contributed by atoms with Gasteiger partial charge in [-0.15, -0.1) is 0 Å². The molecule has 2 amide bonds. The first-order chi connectivity index (χ1) is 13.9. The minimum Gasteiger partial charge on any atom is -0.329 e. The van der Waals surface area contributed by atoms with E-state index in [0.717, 1.165) is 16.8 Å². The topological polar surface area (TPSA) is 97.2 Å². The van der Waals surface area contributed by atoms with Crippen LogP contribution >= 0.6 is 11.6 Å². The smallest absolute Gasteiger partial charge is 0.319 e. The predicted octanol–water partition coefficient (Wildman–Crippen LogP) is 5.06. The van der Waals surface area contributed by atoms with E-state index in [1.165, 1.54) is 18.2 Å². The van der Waals surface area contributed by atoms with Gasteiger partial charge in [0, 0.05) is 18.3 Å². The lowest BCUT2D eigenvalue weighted by Crippen LogP contribution is -2.34. The molecule has 0 radical (unpaired) electrons. The fourth-order valence-electron chi connectivity index (χ4n) is 2.81. The summed E-state index contributed by atoms with van der Waals surface area (Å²) in [6.45, 7) is 2.01. The van der Waals surface area contributed by atoms with Crippen molar-refractivity contribution in [2.24, 2.45) is 0 Å². The first-order valence-electron chi connectivity index (χ1n) is 8.90. The highest BCUT2D eigenvalue weighted by Crippen LogP contribution is 2.27. The zero-order chi connectivity index (χ0) is 20.8. The third-order valence-corrected chi connectivity index (χ3v) is 4.63. The number of carbonyl (C=O) groups excluding carboxylic acids is 1. The molecular formula is C21H19ClN4O3. The minimum atomic E-state index is -0.547. The molecule has 0 aliphatic carbocycles. The molecule has 2 aromatic carbocycles. The number of non-ortho nitro benzene ring substituents is 1. The van der Waals surface area contributed by atoms with Crippen LogP contribution in [0.25, 0.3) is 0 Å². The molecule has 2 N–H and O–H groups in total. The molecule has 3 aromatic rings. The molecule has 3 rings (SSSR count). The fourth-order valence-corrected chi connectivity index (χ4v) is 3.03. The molecule has 0 spiro atoms. The summed E-state index contributed by atoms with van der Waals surface area (Å²) in [6, 6.07) is 16.6. The Balaban J connectivity index is 1.76. The van der Waals surface area contributed by atoms with Crippen molar-refractivity contribution in [2.75, 3.05) is 5.32 Å². The number of hydrogen-bond acceptors (Lipinski definition) is 4. The Hall–Kier alpha value is -3.45. The molecule has 0 fully saturated rings. The van der Waals surface area contributed by atoms with Gasteiger partial charge in [0.2, 0.25) is 0 Å². The number of rotatable bonds is 6. The highest BCUT2D eigenvalue weighted by atomic mass is 35.5. The van der Waals surface area contributed by atoms with Gasteiger partial charge >= 0.3 is 6.03 Å². The standard InChI is InChI=1S/C21H19ClN4O3/c1-14-5-7-15(8-6-14)12-20(19-4-2-3-11-23-19)25-21(27)24-18-10-9-16(26(28)29)13-17(18)22/h2-11,13,20H,12H2,1H3,(H2,24,25,27). The number of amides is 2. The van der Waals surface area contributed by atoms with Crippen molar-refractivity contribution in [3.8, 4) is 0 Å². The summed E-state index contributed by atoms with van der Waals surface area (Å²) in [6.07, 6.45) is 2.23. The van der Waals surface area contributed by atoms with Crippen LogP contribution in [0.2, 0.25) is 5.02 Å². The van der Waals surface area contributed by atoms with Crippen LogP contribution < -0.4 is 10.6 Å². The number of benzene rings is 2. The molecule has 1 aromatic heterocycles. The monoisotopic (exact) mass is 410 g/mol. The summed E-state index contributed by atoms with van der Waals surface area (Å²) in [5.74, 6) is 0. The number of aryl methyl sites for hydroxylation is 1. The highest BCUT2D eigenvalue weighted by molar-refractivity contribution is 6.33. The second-order valence-corrected chi connectivity index (χ2v) is 6.92. The van der Waals surface area contributed by atoms with E-state index in [2.05, 4.69) is 15.6 Å². The van der Waals surface area contributed by atoms with Gasteiger partial charge in [0.05, 0.1) is 27.4 Å². The second-order valence-electron chi connectivity index (χ2n) is 6.52. The van der Waals surface area contributed by atoms with Gasteiger partial charge in [-0.05, 0) is 37.1 Å². The molecule has 0 saturated carbocycles. The van der Waals surface area contributed by atoms with Crippen LogP contribution in [0, 0.1) is 17.0 Å². The lowest BCUT2D eigenvalue weighted by atomic mass is 10.0. The zero-order valence-electron chi connectivity index (χ0n) is 15.6. The first-order valence-corrected chi connectivity index (χ1v) is 9.28. The Kier molecular flexibility index (Phi) is 6.41. The van der Waals surface area contributed by atoms with Gasteiger partial charge in [-0.2, -0.15) is 0 Å². The molecule has 8 heteroatoms. The molecule has 0 saturated heterocycles. The zero-order valence-corrected chi connectivity index (χ0v) is 16.4. The summed E-state index contributed by atoms with van der Waals surface area (Å²) in [5, 5.41) is 16.5. The highest BCUT2D eigenvalue weighted by Gasteiger charge is 2.18. The third-order valence-electron chi connectivity index (χ3n) is 4.32. The van der Waals surface area contributed by atoms with E-state index in [0.29, 0.717) is 6.42 Å². The summed E-state index contributed by atoms with van der Waals surface area (Å²) in [7, 11) is 0. The van der Waals surface area contributed by atoms with Crippen LogP contribution in [0.5, 0.6) is 0 Å². The average molecular weight is 411 g/mol. The number of carbonyl (C=O) groups is 1. The molecule has 29 heavy (non-hydrogen) atoms. The Morgan fingerprint density at radius 3 is 2.55 bits per heavy atom. The fraction of sp³-hybridized carbons (Fsp3) is 0.143. The van der Waals surface area contributed by atoms with E-state index in [4.69, 9.17) is 11.6 Å². The number of nitrogens with zero attached hydrogens (tertiary/aromatic N) is 2. The van der Waals surface area contributed by atoms with Crippen molar-refractivity contribution in [1.29, 1.82) is 0 Å². The summed E-state index contributed by atoms with van der Waals surface area (Å²) >= 11 is 6.06. The molecule has 148 valence electrons. The summed E-state index contributed by atoms with van der Waals surface area (Å²) in [4.78, 5) is 27.2. The Morgan fingerprint density at radius 1 is 1.17 bits per heavy atom. The number of pyridine rings is 1. The van der Waals surface area contributed by atoms with E-state index in [1.54, 1.807) is 6.20 Å². The number of hydrogen-bond donors (Lipinski definition) is 2. The maximum atomic E-state index is 12.6. The summed E-state index contributed by atoms with van der Waals surface area (Å²) < 4.78 is 0. The van der Waals surface area contributed by atoms with Crippen molar-refractivity contribution >= 4 is 29.0 Å². The normalized spacial score (nSPS) is 11.5. The molecule has 1 atom stereocenters. The van der Waals surface area contributed by atoms with Crippen LogP contribution in [-0.2, 0) is 6.42 Å². The van der Waals surface area contributed by atoms with Gasteiger partial charge in [0.15, 0.2) is 0 Å². The van der Waals surface area contributed by atoms with Crippen molar-refractivity contribution in [2.45, 2.75) is 19.4 Å². The number of anilines is 1. The van der Waals surface area contributed by atoms with Crippen LogP contribution in [0.1, 0.15) is 22.9 Å². The molecule has 1 heterocycles. The lowest BCUT2D eigenvalue weighted by Gasteiger charge is -2.19. The maximum absolute atomic E-state index is 12.6. The van der Waals surface area contributed by atoms with Crippen molar-refractivity contribution in [3.63, 3.8) is 0 Å². The van der Waals surface area contributed by atoms with Crippen molar-refractivity contribution in [3.05, 3.63) is 98.8 Å². The summed E-state index contributed by atoms with van der Waals surface area (Å²) in [5.41, 5.74) is 3.07. The van der Waals surface area contributed by atoms with Gasteiger partial charge in [-0.3, -0.25) is 15.1 Å². The Bertz CT molecular complexity index is 1010. The number of nitro benzene ring substituents is 1. The van der Waals surface area contributed by atoms with Gasteiger partial charge < -0.3 is 10.6 Å². The SMILES string of the molecule is Cc1ccc(CC(NC(=O)Nc2ccc([N+](=O)[O-])cc2Cl)c2ccccn2)cc1. The van der Waals surface area contributed by atoms with Crippen LogP contribution in [-0.4, -0.2) is 15.9 Å². The molecule has 7 nitrogen and oxygen atoms in total. The molecule has 0 bridgehead atoms. The number of halogens is 1. The van der Waals surface area contributed by atoms with Gasteiger partial charge in [-0.1, -0.05) is 47.5 Å². The van der Waals surface area contributed by atoms with Crippen molar-refractivity contribution in [1.82, 2.24) is 10.3 Å². The molecular weight excluding hydrogens is 392 g/mol. The molecule has 0 aliphatic heterocycles. The van der Waals surface area contributed by atoms with Gasteiger partial charge in [-0.25, -0.2) is 4.79 Å². The number of aromatic nitrogens is 1. The van der Waals surface area contributed by atoms with Gasteiger partial charge in [0.1, 0.15) is 0 Å². The minimum absolute atomic E-state index is 0.0854. The Labute approximate surface area is 172 Å². The Morgan fingerprint density at radius 2 is 1.93 bits per heavy atom. The van der Waals surface area contributed by atoms with Crippen LogP contribution in [0.4, 0.5) is 16.2 Å². The van der Waals surface area contributed by atoms with Crippen LogP contribution in [0.15, 0.2) is 66.9 Å². The van der Waals surface area contributed by atoms with E-state index < -0.39 is 11.0 Å². The van der Waals surface area contributed by atoms with E-state index in [-0.39, 0.29) is 22.4 Å². The third kappa shape index (κ3) is 5.52. The molecule has 0 aliphatic rings. The molecule has 1 unspecified atom stereocenters. The quantitative estimate of drug-likeness (QED) is 0.438.